The smallest absolute Gasteiger partial charge is 0.271 e. The summed E-state index contributed by atoms with van der Waals surface area (Å²) < 4.78 is 3.13. The van der Waals surface area contributed by atoms with Gasteiger partial charge >= 0.3 is 0 Å². The first-order valence-electron chi connectivity index (χ1n) is 11.9. The summed E-state index contributed by atoms with van der Waals surface area (Å²) in [5.74, 6) is -0.236. The highest BCUT2D eigenvalue weighted by molar-refractivity contribution is 7.19. The van der Waals surface area contributed by atoms with Gasteiger partial charge in [0.1, 0.15) is 11.2 Å². The largest absolute Gasteiger partial charge is 0.404 e. The van der Waals surface area contributed by atoms with E-state index >= 15 is 0 Å². The zero-order chi connectivity index (χ0) is 23.6. The average molecular weight is 467 g/mol. The fourth-order valence-corrected chi connectivity index (χ4v) is 5.98. The normalized spacial score (nSPS) is 22.2. The van der Waals surface area contributed by atoms with E-state index in [0.717, 1.165) is 47.9 Å². The summed E-state index contributed by atoms with van der Waals surface area (Å²) in [5, 5.41) is 3.27. The Labute approximate surface area is 199 Å². The topological polar surface area (TPSA) is 80.4 Å². The number of nitrogens with zero attached hydrogens (tertiary/aromatic N) is 2. The maximum atomic E-state index is 13.8. The van der Waals surface area contributed by atoms with Crippen molar-refractivity contribution < 1.29 is 9.59 Å². The van der Waals surface area contributed by atoms with E-state index in [2.05, 4.69) is 24.9 Å². The minimum absolute atomic E-state index is 0.0923. The molecule has 0 spiro atoms. The second kappa shape index (κ2) is 9.59. The Morgan fingerprint density at radius 1 is 1.33 bits per heavy atom. The number of carbonyl (C=O) groups excluding carboxylic acids is 2. The van der Waals surface area contributed by atoms with Crippen LogP contribution in [0.2, 0.25) is 0 Å². The molecule has 2 aromatic heterocycles. The predicted octanol–water partition coefficient (Wildman–Crippen LogP) is 4.51. The zero-order valence-electron chi connectivity index (χ0n) is 19.6. The second-order valence-electron chi connectivity index (χ2n) is 9.24. The third-order valence-electron chi connectivity index (χ3n) is 6.95. The van der Waals surface area contributed by atoms with E-state index < -0.39 is 5.54 Å². The molecule has 33 heavy (non-hydrogen) atoms. The molecule has 3 N–H and O–H groups in total. The van der Waals surface area contributed by atoms with Crippen LogP contribution in [-0.2, 0) is 17.8 Å². The standard InChI is InChI=1S/C26H34N4O2S/c1-4-6-10-18(15-27)16-30-24(31)22-14-23-21(13-20(5-2)33-23)29(22)17-26(30,3)25(32)28-19-11-8-7-9-12-19/h4,6,10,13-15,19H,1,5,7-9,11-12,16-17,27H2,2-3H3,(H,28,32)/b10-6-,18-15+. The number of hydrogen-bond acceptors (Lipinski definition) is 4. The average Bonchev–Trinajstić information content (AvgIpc) is 3.38. The minimum Gasteiger partial charge on any atom is -0.404 e. The number of amides is 2. The van der Waals surface area contributed by atoms with E-state index in [0.29, 0.717) is 12.2 Å². The molecule has 3 heterocycles. The maximum absolute atomic E-state index is 13.8. The van der Waals surface area contributed by atoms with Crippen LogP contribution in [0.5, 0.6) is 0 Å². The molecule has 0 radical (unpaired) electrons. The number of fused-ring (bicyclic) bond motifs is 3. The van der Waals surface area contributed by atoms with E-state index in [1.54, 1.807) is 28.4 Å². The highest BCUT2D eigenvalue weighted by Crippen LogP contribution is 2.36. The Kier molecular flexibility index (Phi) is 6.79. The third kappa shape index (κ3) is 4.38. The summed E-state index contributed by atoms with van der Waals surface area (Å²) in [7, 11) is 0. The van der Waals surface area contributed by atoms with Crippen molar-refractivity contribution in [3.63, 3.8) is 0 Å². The molecule has 2 aliphatic rings. The number of aromatic nitrogens is 1. The quantitative estimate of drug-likeness (QED) is 0.589. The van der Waals surface area contributed by atoms with Crippen LogP contribution in [0, 0.1) is 0 Å². The van der Waals surface area contributed by atoms with E-state index in [1.807, 2.05) is 23.6 Å². The van der Waals surface area contributed by atoms with Crippen molar-refractivity contribution >= 4 is 33.4 Å². The molecule has 1 unspecified atom stereocenters. The molecular formula is C26H34N4O2S. The van der Waals surface area contributed by atoms with E-state index in [9.17, 15) is 9.59 Å². The first-order valence-corrected chi connectivity index (χ1v) is 12.7. The van der Waals surface area contributed by atoms with Gasteiger partial charge in [0.25, 0.3) is 5.91 Å². The van der Waals surface area contributed by atoms with Crippen molar-refractivity contribution in [3.8, 4) is 0 Å². The van der Waals surface area contributed by atoms with Crippen molar-refractivity contribution in [2.45, 2.75) is 70.5 Å². The number of thiophene rings is 1. The van der Waals surface area contributed by atoms with Crippen LogP contribution in [0.4, 0.5) is 0 Å². The first kappa shape index (κ1) is 23.4. The second-order valence-corrected chi connectivity index (χ2v) is 10.4. The van der Waals surface area contributed by atoms with Crippen LogP contribution >= 0.6 is 11.3 Å². The van der Waals surface area contributed by atoms with Crippen LogP contribution in [0.1, 0.15) is 61.3 Å². The molecule has 1 saturated carbocycles. The monoisotopic (exact) mass is 466 g/mol. The Morgan fingerprint density at radius 2 is 2.09 bits per heavy atom. The van der Waals surface area contributed by atoms with Gasteiger partial charge in [-0.2, -0.15) is 0 Å². The zero-order valence-corrected chi connectivity index (χ0v) is 20.4. The lowest BCUT2D eigenvalue weighted by atomic mass is 9.91. The van der Waals surface area contributed by atoms with Gasteiger partial charge in [-0.05, 0) is 50.1 Å². The Morgan fingerprint density at radius 3 is 2.76 bits per heavy atom. The highest BCUT2D eigenvalue weighted by atomic mass is 32.1. The fraction of sp³-hybridized carbons (Fsp3) is 0.462. The van der Waals surface area contributed by atoms with Crippen molar-refractivity contribution in [1.82, 2.24) is 14.8 Å². The van der Waals surface area contributed by atoms with Gasteiger partial charge in [0.2, 0.25) is 5.91 Å². The molecule has 2 amide bonds. The summed E-state index contributed by atoms with van der Waals surface area (Å²) in [4.78, 5) is 30.5. The van der Waals surface area contributed by atoms with Crippen LogP contribution in [0.25, 0.3) is 10.2 Å². The Balaban J connectivity index is 1.74. The van der Waals surface area contributed by atoms with Gasteiger partial charge in [-0.1, -0.05) is 51.0 Å². The molecule has 1 atom stereocenters. The molecule has 1 aliphatic carbocycles. The van der Waals surface area contributed by atoms with Crippen molar-refractivity contribution in [2.75, 3.05) is 6.54 Å². The van der Waals surface area contributed by atoms with Gasteiger partial charge in [0.05, 0.1) is 16.8 Å². The number of hydrogen-bond donors (Lipinski definition) is 2. The van der Waals surface area contributed by atoms with Gasteiger partial charge in [-0.25, -0.2) is 0 Å². The molecule has 0 bridgehead atoms. The SMILES string of the molecule is C=C/C=C\C(=C/N)CN1C(=O)c2cc3sc(CC)cc3n2CC1(C)C(=O)NC1CCCCC1. The van der Waals surface area contributed by atoms with E-state index in [1.165, 1.54) is 17.5 Å². The van der Waals surface area contributed by atoms with Crippen LogP contribution < -0.4 is 11.1 Å². The summed E-state index contributed by atoms with van der Waals surface area (Å²) in [6.45, 7) is 8.40. The van der Waals surface area contributed by atoms with E-state index in [-0.39, 0.29) is 24.4 Å². The summed E-state index contributed by atoms with van der Waals surface area (Å²) >= 11 is 1.71. The minimum atomic E-state index is -1.03. The first-order chi connectivity index (χ1) is 15.9. The van der Waals surface area contributed by atoms with Crippen molar-refractivity contribution in [1.29, 1.82) is 0 Å². The molecule has 7 heteroatoms. The Bertz CT molecular complexity index is 1120. The lowest BCUT2D eigenvalue weighted by Gasteiger charge is -2.45. The molecule has 176 valence electrons. The molecule has 1 aliphatic heterocycles. The molecule has 6 nitrogen and oxygen atoms in total. The number of carbonyl (C=O) groups is 2. The Hall–Kier alpha value is -2.80. The van der Waals surface area contributed by atoms with Gasteiger partial charge < -0.3 is 20.5 Å². The van der Waals surface area contributed by atoms with Gasteiger partial charge in [0, 0.05) is 17.5 Å². The fourth-order valence-electron chi connectivity index (χ4n) is 4.93. The molecule has 4 rings (SSSR count). The number of rotatable bonds is 7. The molecule has 2 aromatic rings. The molecule has 0 aromatic carbocycles. The van der Waals surface area contributed by atoms with Crippen LogP contribution in [0.3, 0.4) is 0 Å². The number of nitrogens with two attached hydrogens (primary N) is 1. The van der Waals surface area contributed by atoms with Crippen LogP contribution in [-0.4, -0.2) is 39.4 Å². The number of aryl methyl sites for hydroxylation is 1. The lowest BCUT2D eigenvalue weighted by molar-refractivity contribution is -0.133. The predicted molar refractivity (Wildman–Crippen MR) is 135 cm³/mol. The van der Waals surface area contributed by atoms with Crippen molar-refractivity contribution in [2.24, 2.45) is 5.73 Å². The van der Waals surface area contributed by atoms with Crippen LogP contribution in [0.15, 0.2) is 48.7 Å². The number of allylic oxidation sites excluding steroid dienone is 2. The van der Waals surface area contributed by atoms with Gasteiger partial charge in [-0.3, -0.25) is 9.59 Å². The van der Waals surface area contributed by atoms with Gasteiger partial charge in [-0.15, -0.1) is 11.3 Å². The molecule has 0 saturated heterocycles. The molecule has 1 fully saturated rings. The lowest BCUT2D eigenvalue weighted by Crippen LogP contribution is -2.65. The molecular weight excluding hydrogens is 432 g/mol. The maximum Gasteiger partial charge on any atom is 0.271 e. The number of nitrogens with one attached hydrogen (secondary N) is 1. The summed E-state index contributed by atoms with van der Waals surface area (Å²) in [6, 6.07) is 4.30. The third-order valence-corrected chi connectivity index (χ3v) is 8.16. The summed E-state index contributed by atoms with van der Waals surface area (Å²) in [5.41, 5.74) is 7.27. The highest BCUT2D eigenvalue weighted by Gasteiger charge is 2.48. The van der Waals surface area contributed by atoms with Gasteiger partial charge in [0.15, 0.2) is 0 Å². The van der Waals surface area contributed by atoms with Crippen molar-refractivity contribution in [3.05, 3.63) is 59.3 Å². The van der Waals surface area contributed by atoms with E-state index in [4.69, 9.17) is 5.73 Å². The summed E-state index contributed by atoms with van der Waals surface area (Å²) in [6.07, 6.45) is 13.2.